The van der Waals surface area contributed by atoms with Gasteiger partial charge in [-0.05, 0) is 12.5 Å². The highest BCUT2D eigenvalue weighted by atomic mass is 127. The van der Waals surface area contributed by atoms with Crippen LogP contribution in [-0.2, 0) is 0 Å². The van der Waals surface area contributed by atoms with Gasteiger partial charge in [-0.1, -0.05) is 0 Å². The van der Waals surface area contributed by atoms with Crippen LogP contribution in [-0.4, -0.2) is 15.3 Å². The normalized spacial score (nSPS) is 25.9. The lowest BCUT2D eigenvalue weighted by Crippen LogP contribution is -2.48. The molecule has 56 valence electrons. The van der Waals surface area contributed by atoms with Crippen LogP contribution in [0.25, 0.3) is 0 Å². The number of halogens is 1. The summed E-state index contributed by atoms with van der Waals surface area (Å²) in [5.41, 5.74) is 6.45. The number of amides is 2. The molecule has 0 bridgehead atoms. The topological polar surface area (TPSA) is 58.4 Å². The van der Waals surface area contributed by atoms with Crippen molar-refractivity contribution < 1.29 is 4.79 Å². The average Bonchev–Trinajstić information content (AvgIpc) is 1.84. The molecule has 1 aliphatic heterocycles. The van der Waals surface area contributed by atoms with E-state index in [9.17, 15) is 4.79 Å². The summed E-state index contributed by atoms with van der Waals surface area (Å²) in [6, 6.07) is -0.168. The van der Waals surface area contributed by atoms with Crippen LogP contribution in [0.4, 0.5) is 4.79 Å². The molecule has 4 nitrogen and oxygen atoms in total. The van der Waals surface area contributed by atoms with E-state index in [2.05, 4.69) is 5.32 Å². The molecule has 1 rings (SSSR count). The van der Waals surface area contributed by atoms with Crippen LogP contribution in [0, 0.1) is 0 Å². The minimum absolute atomic E-state index is 0.168. The zero-order valence-electron chi connectivity index (χ0n) is 5.47. The molecule has 0 radical (unpaired) electrons. The van der Waals surface area contributed by atoms with Crippen molar-refractivity contribution >= 4 is 28.9 Å². The molecule has 0 fully saturated rings. The molecule has 5 heteroatoms. The highest BCUT2D eigenvalue weighted by Crippen LogP contribution is 2.10. The van der Waals surface area contributed by atoms with E-state index in [0.29, 0.717) is 0 Å². The molecule has 0 spiro atoms. The Morgan fingerprint density at radius 1 is 1.90 bits per heavy atom. The van der Waals surface area contributed by atoms with Crippen molar-refractivity contribution in [3.63, 3.8) is 0 Å². The largest absolute Gasteiger partial charge is 0.331 e. The summed E-state index contributed by atoms with van der Waals surface area (Å²) in [6.07, 6.45) is 1.39. The van der Waals surface area contributed by atoms with Gasteiger partial charge in [0.15, 0.2) is 0 Å². The fraction of sp³-hybridized carbons (Fsp3) is 0.400. The molecule has 1 unspecified atom stereocenters. The monoisotopic (exact) mass is 253 g/mol. The van der Waals surface area contributed by atoms with E-state index in [1.807, 2.05) is 29.8 Å². The molecule has 10 heavy (non-hydrogen) atoms. The van der Waals surface area contributed by atoms with E-state index >= 15 is 0 Å². The van der Waals surface area contributed by atoms with Gasteiger partial charge in [-0.15, -0.1) is 0 Å². The molecular formula is C5H8IN3O. The van der Waals surface area contributed by atoms with Crippen LogP contribution >= 0.6 is 22.9 Å². The number of hydrogen-bond acceptors (Lipinski definition) is 2. The Labute approximate surface area is 72.9 Å². The van der Waals surface area contributed by atoms with Gasteiger partial charge < -0.3 is 11.1 Å². The zero-order valence-corrected chi connectivity index (χ0v) is 7.62. The van der Waals surface area contributed by atoms with Crippen molar-refractivity contribution in [2.45, 2.75) is 13.1 Å². The predicted octanol–water partition coefficient (Wildman–Crippen LogP) is 0.550. The van der Waals surface area contributed by atoms with E-state index in [-0.39, 0.29) is 12.2 Å². The predicted molar refractivity (Wildman–Crippen MR) is 46.1 cm³/mol. The third-order valence-electron chi connectivity index (χ3n) is 1.28. The number of urea groups is 1. The smallest absolute Gasteiger partial charge is 0.318 e. The summed E-state index contributed by atoms with van der Waals surface area (Å²) in [6.45, 7) is 1.87. The van der Waals surface area contributed by atoms with E-state index < -0.39 is 0 Å². The van der Waals surface area contributed by atoms with Crippen LogP contribution in [0.5, 0.6) is 0 Å². The summed E-state index contributed by atoms with van der Waals surface area (Å²) < 4.78 is 1.44. The molecule has 3 N–H and O–H groups in total. The standard InChI is InChI=1S/C5H8IN3O/c1-3-2-9(6)5(10)8-4(3)7/h2,4H,7H2,1H3,(H,8,10). The number of carbonyl (C=O) groups excluding carboxylic acids is 1. The Kier molecular flexibility index (Phi) is 2.14. The van der Waals surface area contributed by atoms with Gasteiger partial charge in [0.1, 0.15) is 6.17 Å². The van der Waals surface area contributed by atoms with Gasteiger partial charge in [-0.2, -0.15) is 0 Å². The Morgan fingerprint density at radius 2 is 2.50 bits per heavy atom. The number of carbonyl (C=O) groups is 1. The van der Waals surface area contributed by atoms with Crippen LogP contribution in [0.1, 0.15) is 6.92 Å². The maximum Gasteiger partial charge on any atom is 0.331 e. The molecule has 0 aromatic rings. The number of nitrogens with two attached hydrogens (primary N) is 1. The highest BCUT2D eigenvalue weighted by molar-refractivity contribution is 14.1. The lowest BCUT2D eigenvalue weighted by molar-refractivity contribution is 0.230. The fourth-order valence-electron chi connectivity index (χ4n) is 0.626. The lowest BCUT2D eigenvalue weighted by Gasteiger charge is -2.23. The fourth-order valence-corrected chi connectivity index (χ4v) is 1.20. The summed E-state index contributed by atoms with van der Waals surface area (Å²) in [5.74, 6) is 0. The molecule has 2 amide bonds. The van der Waals surface area contributed by atoms with E-state index in [1.54, 1.807) is 6.20 Å². The summed E-state index contributed by atoms with van der Waals surface area (Å²) in [5, 5.41) is 2.57. The molecule has 0 saturated heterocycles. The molecular weight excluding hydrogens is 245 g/mol. The first kappa shape index (κ1) is 7.80. The molecule has 1 aliphatic rings. The van der Waals surface area contributed by atoms with Crippen molar-refractivity contribution in [3.05, 3.63) is 11.8 Å². The maximum atomic E-state index is 10.8. The third-order valence-corrected chi connectivity index (χ3v) is 2.00. The van der Waals surface area contributed by atoms with Crippen molar-refractivity contribution in [1.82, 2.24) is 8.43 Å². The number of nitrogens with one attached hydrogen (secondary N) is 1. The highest BCUT2D eigenvalue weighted by Gasteiger charge is 2.18. The Bertz CT molecular complexity index is 191. The summed E-state index contributed by atoms with van der Waals surface area (Å²) in [7, 11) is 0. The first-order chi connectivity index (χ1) is 4.61. The van der Waals surface area contributed by atoms with Crippen LogP contribution in [0.2, 0.25) is 0 Å². The van der Waals surface area contributed by atoms with Crippen molar-refractivity contribution in [2.24, 2.45) is 5.73 Å². The first-order valence-electron chi connectivity index (χ1n) is 2.80. The molecule has 0 aromatic heterocycles. The second kappa shape index (κ2) is 2.75. The minimum atomic E-state index is -0.321. The lowest BCUT2D eigenvalue weighted by atomic mass is 10.2. The molecule has 1 heterocycles. The molecule has 0 aliphatic carbocycles. The maximum absolute atomic E-state index is 10.8. The number of nitrogens with zero attached hydrogens (tertiary/aromatic N) is 1. The van der Waals surface area contributed by atoms with Gasteiger partial charge in [-0.25, -0.2) is 7.91 Å². The molecule has 0 saturated carbocycles. The number of rotatable bonds is 0. The van der Waals surface area contributed by atoms with Crippen LogP contribution < -0.4 is 11.1 Å². The van der Waals surface area contributed by atoms with Gasteiger partial charge in [0.25, 0.3) is 0 Å². The summed E-state index contributed by atoms with van der Waals surface area (Å²) >= 11 is 1.90. The summed E-state index contributed by atoms with van der Waals surface area (Å²) in [4.78, 5) is 10.8. The zero-order chi connectivity index (χ0) is 7.72. The van der Waals surface area contributed by atoms with Gasteiger partial charge in [0.05, 0.1) is 22.9 Å². The van der Waals surface area contributed by atoms with E-state index in [0.717, 1.165) is 5.57 Å². The van der Waals surface area contributed by atoms with Crippen LogP contribution in [0.15, 0.2) is 11.8 Å². The van der Waals surface area contributed by atoms with Gasteiger partial charge in [0.2, 0.25) is 0 Å². The van der Waals surface area contributed by atoms with Gasteiger partial charge in [-0.3, -0.25) is 0 Å². The van der Waals surface area contributed by atoms with Crippen LogP contribution in [0.3, 0.4) is 0 Å². The van der Waals surface area contributed by atoms with Gasteiger partial charge in [0, 0.05) is 6.20 Å². The molecule has 0 aromatic carbocycles. The van der Waals surface area contributed by atoms with E-state index in [1.165, 1.54) is 3.11 Å². The second-order valence-corrected chi connectivity index (χ2v) is 3.15. The Morgan fingerprint density at radius 3 is 3.00 bits per heavy atom. The molecule has 1 atom stereocenters. The average molecular weight is 253 g/mol. The van der Waals surface area contributed by atoms with Gasteiger partial charge >= 0.3 is 6.03 Å². The minimum Gasteiger partial charge on any atom is -0.318 e. The Hall–Kier alpha value is -0.300. The van der Waals surface area contributed by atoms with E-state index in [4.69, 9.17) is 5.73 Å². The quantitative estimate of drug-likeness (QED) is 0.489. The van der Waals surface area contributed by atoms with Crippen molar-refractivity contribution in [1.29, 1.82) is 0 Å². The number of hydrogen-bond donors (Lipinski definition) is 2. The SMILES string of the molecule is CC1=CN(I)C(=O)NC1N. The second-order valence-electron chi connectivity index (χ2n) is 2.11. The Balaban J connectivity index is 2.79. The van der Waals surface area contributed by atoms with Crippen molar-refractivity contribution in [2.75, 3.05) is 0 Å². The third kappa shape index (κ3) is 1.40. The van der Waals surface area contributed by atoms with Crippen molar-refractivity contribution in [3.8, 4) is 0 Å². The first-order valence-corrected chi connectivity index (χ1v) is 3.77.